The molecule has 1 aromatic carbocycles. The summed E-state index contributed by atoms with van der Waals surface area (Å²) in [6, 6.07) is 5.44. The van der Waals surface area contributed by atoms with Crippen molar-refractivity contribution in [3.8, 4) is 11.5 Å². The molecule has 0 bridgehead atoms. The van der Waals surface area contributed by atoms with Crippen molar-refractivity contribution < 1.29 is 19.0 Å². The Hall–Kier alpha value is -2.54. The quantitative estimate of drug-likeness (QED) is 0.886. The molecule has 26 heavy (non-hydrogen) atoms. The molecular weight excluding hydrogens is 336 g/mol. The number of amides is 1. The highest BCUT2D eigenvalue weighted by atomic mass is 16.7. The summed E-state index contributed by atoms with van der Waals surface area (Å²) < 4.78 is 16.4. The minimum atomic E-state index is -0.197. The summed E-state index contributed by atoms with van der Waals surface area (Å²) in [6.07, 6.45) is 2.42. The number of aromatic nitrogens is 1. The first-order valence-electron chi connectivity index (χ1n) is 8.99. The van der Waals surface area contributed by atoms with Crippen LogP contribution in [0.1, 0.15) is 31.7 Å². The summed E-state index contributed by atoms with van der Waals surface area (Å²) in [5, 5.41) is 0.852. The molecule has 3 heterocycles. The SMILES string of the molecule is CCC(=O)N(Cc1cc2cc3c(cc2[nH]c1=O)OCO3)CC1CCCO1. The zero-order valence-electron chi connectivity index (χ0n) is 14.7. The van der Waals surface area contributed by atoms with Gasteiger partial charge in [0.1, 0.15) is 0 Å². The van der Waals surface area contributed by atoms with Gasteiger partial charge in [-0.2, -0.15) is 0 Å². The third kappa shape index (κ3) is 3.26. The van der Waals surface area contributed by atoms with Crippen molar-refractivity contribution in [2.45, 2.75) is 38.8 Å². The highest BCUT2D eigenvalue weighted by Crippen LogP contribution is 2.35. The van der Waals surface area contributed by atoms with E-state index in [0.717, 1.165) is 24.8 Å². The van der Waals surface area contributed by atoms with Gasteiger partial charge in [-0.05, 0) is 25.0 Å². The number of carbonyl (C=O) groups is 1. The predicted molar refractivity (Wildman–Crippen MR) is 95.4 cm³/mol. The molecule has 2 aliphatic rings. The van der Waals surface area contributed by atoms with E-state index < -0.39 is 0 Å². The monoisotopic (exact) mass is 358 g/mol. The van der Waals surface area contributed by atoms with Gasteiger partial charge in [0.25, 0.3) is 5.56 Å². The summed E-state index contributed by atoms with van der Waals surface area (Å²) in [7, 11) is 0. The number of carbonyl (C=O) groups excluding carboxylic acids is 1. The molecule has 0 saturated carbocycles. The summed E-state index contributed by atoms with van der Waals surface area (Å²) >= 11 is 0. The van der Waals surface area contributed by atoms with E-state index in [1.165, 1.54) is 0 Å². The molecule has 1 atom stereocenters. The van der Waals surface area contributed by atoms with Gasteiger partial charge in [0, 0.05) is 36.6 Å². The molecule has 2 aliphatic heterocycles. The lowest BCUT2D eigenvalue weighted by molar-refractivity contribution is -0.133. The molecule has 1 aromatic heterocycles. The second-order valence-corrected chi connectivity index (χ2v) is 6.68. The number of ether oxygens (including phenoxy) is 3. The topological polar surface area (TPSA) is 80.9 Å². The van der Waals surface area contributed by atoms with E-state index >= 15 is 0 Å². The summed E-state index contributed by atoms with van der Waals surface area (Å²) in [6.45, 7) is 3.54. The lowest BCUT2D eigenvalue weighted by atomic mass is 10.1. The van der Waals surface area contributed by atoms with Crippen LogP contribution in [0.4, 0.5) is 0 Å². The maximum atomic E-state index is 12.5. The summed E-state index contributed by atoms with van der Waals surface area (Å²) in [5.41, 5.74) is 1.05. The van der Waals surface area contributed by atoms with Crippen molar-refractivity contribution in [2.24, 2.45) is 0 Å². The Labute approximate surface area is 150 Å². The highest BCUT2D eigenvalue weighted by Gasteiger charge is 2.23. The number of fused-ring (bicyclic) bond motifs is 2. The summed E-state index contributed by atoms with van der Waals surface area (Å²) in [4.78, 5) is 29.5. The van der Waals surface area contributed by atoms with Gasteiger partial charge in [-0.15, -0.1) is 0 Å². The molecule has 0 radical (unpaired) electrons. The number of aromatic amines is 1. The summed E-state index contributed by atoms with van der Waals surface area (Å²) in [5.74, 6) is 1.31. The van der Waals surface area contributed by atoms with Gasteiger partial charge in [-0.3, -0.25) is 9.59 Å². The van der Waals surface area contributed by atoms with E-state index in [1.54, 1.807) is 11.0 Å². The van der Waals surface area contributed by atoms with Crippen molar-refractivity contribution in [1.29, 1.82) is 0 Å². The highest BCUT2D eigenvalue weighted by molar-refractivity contribution is 5.83. The normalized spacial score (nSPS) is 18.4. The third-order valence-corrected chi connectivity index (χ3v) is 4.88. The zero-order valence-corrected chi connectivity index (χ0v) is 14.7. The van der Waals surface area contributed by atoms with E-state index in [0.29, 0.717) is 35.5 Å². The number of nitrogens with one attached hydrogen (secondary N) is 1. The minimum absolute atomic E-state index is 0.0192. The van der Waals surface area contributed by atoms with E-state index in [1.807, 2.05) is 19.1 Å². The van der Waals surface area contributed by atoms with Crippen LogP contribution in [0.2, 0.25) is 0 Å². The number of H-pyrrole nitrogens is 1. The number of nitrogens with zero attached hydrogens (tertiary/aromatic N) is 1. The van der Waals surface area contributed by atoms with Crippen molar-refractivity contribution in [1.82, 2.24) is 9.88 Å². The average Bonchev–Trinajstić information content (AvgIpc) is 3.30. The van der Waals surface area contributed by atoms with Gasteiger partial charge in [0.2, 0.25) is 12.7 Å². The van der Waals surface area contributed by atoms with Crippen LogP contribution < -0.4 is 15.0 Å². The smallest absolute Gasteiger partial charge is 0.253 e. The van der Waals surface area contributed by atoms with Crippen LogP contribution in [0.5, 0.6) is 11.5 Å². The first-order valence-corrected chi connectivity index (χ1v) is 8.99. The number of benzene rings is 1. The van der Waals surface area contributed by atoms with Crippen LogP contribution in [-0.2, 0) is 16.1 Å². The fourth-order valence-electron chi connectivity index (χ4n) is 3.48. The fourth-order valence-corrected chi connectivity index (χ4v) is 3.48. The first-order chi connectivity index (χ1) is 12.6. The lowest BCUT2D eigenvalue weighted by Crippen LogP contribution is -2.37. The molecule has 0 spiro atoms. The lowest BCUT2D eigenvalue weighted by Gasteiger charge is -2.25. The Balaban J connectivity index is 1.63. The van der Waals surface area contributed by atoms with Crippen molar-refractivity contribution in [3.05, 3.63) is 34.1 Å². The molecule has 1 unspecified atom stereocenters. The van der Waals surface area contributed by atoms with Crippen molar-refractivity contribution >= 4 is 16.8 Å². The standard InChI is InChI=1S/C19H22N2O5/c1-2-18(22)21(10-14-4-3-5-24-14)9-13-6-12-7-16-17(26-11-25-16)8-15(12)20-19(13)23/h6-8,14H,2-5,9-11H2,1H3,(H,20,23). The minimum Gasteiger partial charge on any atom is -0.454 e. The van der Waals surface area contributed by atoms with Crippen LogP contribution in [0, 0.1) is 0 Å². The van der Waals surface area contributed by atoms with Crippen molar-refractivity contribution in [3.63, 3.8) is 0 Å². The molecular formula is C19H22N2O5. The second-order valence-electron chi connectivity index (χ2n) is 6.68. The van der Waals surface area contributed by atoms with Gasteiger partial charge < -0.3 is 24.1 Å². The second kappa shape index (κ2) is 6.99. The van der Waals surface area contributed by atoms with Crippen molar-refractivity contribution in [2.75, 3.05) is 19.9 Å². The predicted octanol–water partition coefficient (Wildman–Crippen LogP) is 2.17. The Kier molecular flexibility index (Phi) is 4.55. The number of hydrogen-bond acceptors (Lipinski definition) is 5. The number of rotatable bonds is 5. The molecule has 0 aliphatic carbocycles. The molecule has 138 valence electrons. The molecule has 2 aromatic rings. The first kappa shape index (κ1) is 16.9. The Morgan fingerprint density at radius 3 is 2.81 bits per heavy atom. The van der Waals surface area contributed by atoms with Gasteiger partial charge in [-0.25, -0.2) is 0 Å². The average molecular weight is 358 g/mol. The van der Waals surface area contributed by atoms with Gasteiger partial charge >= 0.3 is 0 Å². The van der Waals surface area contributed by atoms with Crippen LogP contribution in [-0.4, -0.2) is 41.8 Å². The maximum absolute atomic E-state index is 12.5. The van der Waals surface area contributed by atoms with Crippen LogP contribution in [0.15, 0.2) is 23.0 Å². The van der Waals surface area contributed by atoms with Gasteiger partial charge in [-0.1, -0.05) is 6.92 Å². The zero-order chi connectivity index (χ0) is 18.1. The van der Waals surface area contributed by atoms with Gasteiger partial charge in [0.05, 0.1) is 18.2 Å². The third-order valence-electron chi connectivity index (χ3n) is 4.88. The molecule has 1 amide bonds. The fraction of sp³-hybridized carbons (Fsp3) is 0.474. The van der Waals surface area contributed by atoms with E-state index in [-0.39, 0.29) is 30.9 Å². The van der Waals surface area contributed by atoms with E-state index in [4.69, 9.17) is 14.2 Å². The molecule has 7 heteroatoms. The largest absolute Gasteiger partial charge is 0.454 e. The van der Waals surface area contributed by atoms with E-state index in [2.05, 4.69) is 4.98 Å². The molecule has 1 N–H and O–H groups in total. The van der Waals surface area contributed by atoms with E-state index in [9.17, 15) is 9.59 Å². The number of pyridine rings is 1. The Morgan fingerprint density at radius 1 is 1.27 bits per heavy atom. The van der Waals surface area contributed by atoms with Crippen LogP contribution >= 0.6 is 0 Å². The molecule has 1 fully saturated rings. The number of hydrogen-bond donors (Lipinski definition) is 1. The molecule has 4 rings (SSSR count). The Morgan fingerprint density at radius 2 is 2.08 bits per heavy atom. The van der Waals surface area contributed by atoms with Crippen LogP contribution in [0.25, 0.3) is 10.9 Å². The Bertz CT molecular complexity index is 885. The molecule has 7 nitrogen and oxygen atoms in total. The van der Waals surface area contributed by atoms with Gasteiger partial charge in [0.15, 0.2) is 11.5 Å². The van der Waals surface area contributed by atoms with Crippen LogP contribution in [0.3, 0.4) is 0 Å². The maximum Gasteiger partial charge on any atom is 0.253 e. The molecule has 1 saturated heterocycles.